The summed E-state index contributed by atoms with van der Waals surface area (Å²) in [6.07, 6.45) is 0. The van der Waals surface area contributed by atoms with Gasteiger partial charge in [-0.05, 0) is 30.4 Å². The van der Waals surface area contributed by atoms with Crippen molar-refractivity contribution in [2.45, 2.75) is 46.4 Å². The van der Waals surface area contributed by atoms with E-state index < -0.39 is 11.2 Å². The van der Waals surface area contributed by atoms with E-state index >= 15 is 0 Å². The van der Waals surface area contributed by atoms with Gasteiger partial charge in [-0.2, -0.15) is 0 Å². The Hall–Kier alpha value is -1.21. The lowest BCUT2D eigenvalue weighted by molar-refractivity contribution is -0.117. The van der Waals surface area contributed by atoms with Gasteiger partial charge in [0.25, 0.3) is 5.91 Å². The molecular formula is C15H26N2O3S2. The number of carbonyl (C=O) groups excluding carboxylic acids is 1. The smallest absolute Gasteiger partial charge is 0.253 e. The largest absolute Gasteiger partial charge is 0.506 e. The number of anilines is 1. The van der Waals surface area contributed by atoms with Crippen LogP contribution >= 0.6 is 11.8 Å². The van der Waals surface area contributed by atoms with Crippen LogP contribution in [-0.4, -0.2) is 27.5 Å². The fraction of sp³-hybridized carbons (Fsp3) is 0.533. The minimum Gasteiger partial charge on any atom is -0.506 e. The van der Waals surface area contributed by atoms with Crippen molar-refractivity contribution in [1.82, 2.24) is 4.72 Å². The molecular weight excluding hydrogens is 320 g/mol. The van der Waals surface area contributed by atoms with Gasteiger partial charge in [0.15, 0.2) is 0 Å². The van der Waals surface area contributed by atoms with Crippen LogP contribution in [0.3, 0.4) is 0 Å². The van der Waals surface area contributed by atoms with Crippen LogP contribution in [0, 0.1) is 6.92 Å². The summed E-state index contributed by atoms with van der Waals surface area (Å²) >= 11 is 0.0281. The number of aromatic hydroxyl groups is 1. The highest BCUT2D eigenvalue weighted by Crippen LogP contribution is 2.36. The highest BCUT2D eigenvalue weighted by atomic mass is 32.2. The number of thioether (sulfide) groups is 1. The van der Waals surface area contributed by atoms with Crippen LogP contribution in [0.2, 0.25) is 0 Å². The predicted octanol–water partition coefficient (Wildman–Crippen LogP) is 3.38. The molecule has 2 N–H and O–H groups in total. The molecule has 0 aliphatic carbocycles. The van der Waals surface area contributed by atoms with Gasteiger partial charge in [0.2, 0.25) is 11.2 Å². The third-order valence-electron chi connectivity index (χ3n) is 2.53. The summed E-state index contributed by atoms with van der Waals surface area (Å²) in [5, 5.41) is 9.98. The molecule has 7 heteroatoms. The van der Waals surface area contributed by atoms with Gasteiger partial charge in [-0.15, -0.1) is 11.8 Å². The van der Waals surface area contributed by atoms with Crippen molar-refractivity contribution in [3.63, 3.8) is 0 Å². The number of rotatable bonds is 3. The Morgan fingerprint density at radius 2 is 1.91 bits per heavy atom. The van der Waals surface area contributed by atoms with E-state index in [9.17, 15) is 14.1 Å². The van der Waals surface area contributed by atoms with E-state index in [1.165, 1.54) is 4.31 Å². The number of hydrogen-bond donors (Lipinski definition) is 2. The second-order valence-electron chi connectivity index (χ2n) is 3.85. The Morgan fingerprint density at radius 1 is 1.32 bits per heavy atom. The second-order valence-corrected chi connectivity index (χ2v) is 6.30. The first kappa shape index (κ1) is 20.8. The Bertz CT molecular complexity index is 522. The summed E-state index contributed by atoms with van der Waals surface area (Å²) in [4.78, 5) is 12.2. The van der Waals surface area contributed by atoms with Gasteiger partial charge in [-0.1, -0.05) is 34.6 Å². The number of amides is 1. The van der Waals surface area contributed by atoms with Crippen LogP contribution in [0.1, 0.15) is 40.2 Å². The van der Waals surface area contributed by atoms with E-state index in [0.29, 0.717) is 5.69 Å². The number of nitrogens with zero attached hydrogens (tertiary/aromatic N) is 1. The van der Waals surface area contributed by atoms with Crippen molar-refractivity contribution >= 4 is 34.5 Å². The minimum atomic E-state index is -1.60. The molecule has 1 aromatic rings. The zero-order chi connectivity index (χ0) is 17.3. The Balaban J connectivity index is 0.00000102. The van der Waals surface area contributed by atoms with Crippen LogP contribution in [0.4, 0.5) is 5.69 Å². The molecule has 5 nitrogen and oxygen atoms in total. The van der Waals surface area contributed by atoms with Crippen LogP contribution in [0.25, 0.3) is 0 Å². The molecule has 0 radical (unpaired) electrons. The normalized spacial score (nSPS) is 16.2. The summed E-state index contributed by atoms with van der Waals surface area (Å²) in [7, 11) is 0. The van der Waals surface area contributed by atoms with Gasteiger partial charge in [0.05, 0.1) is 5.69 Å². The third-order valence-corrected chi connectivity index (χ3v) is 4.70. The fourth-order valence-corrected chi connectivity index (χ4v) is 3.44. The molecule has 1 aliphatic heterocycles. The van der Waals surface area contributed by atoms with Gasteiger partial charge in [0, 0.05) is 4.90 Å². The molecule has 0 bridgehead atoms. The van der Waals surface area contributed by atoms with Gasteiger partial charge >= 0.3 is 0 Å². The van der Waals surface area contributed by atoms with Gasteiger partial charge in [-0.25, -0.2) is 4.21 Å². The zero-order valence-electron chi connectivity index (χ0n) is 14.1. The van der Waals surface area contributed by atoms with E-state index in [4.69, 9.17) is 0 Å². The lowest BCUT2D eigenvalue weighted by Crippen LogP contribution is -2.22. The van der Waals surface area contributed by atoms with Crippen molar-refractivity contribution in [2.75, 3.05) is 16.6 Å². The number of carbonyl (C=O) groups is 1. The quantitative estimate of drug-likeness (QED) is 0.823. The fourth-order valence-electron chi connectivity index (χ4n) is 1.72. The molecule has 1 atom stereocenters. The average Bonchev–Trinajstić information content (AvgIpc) is 2.85. The van der Waals surface area contributed by atoms with E-state index in [0.717, 1.165) is 16.2 Å². The first-order valence-corrected chi connectivity index (χ1v) is 9.57. The number of aryl methyl sites for hydroxylation is 1. The van der Waals surface area contributed by atoms with E-state index in [1.54, 1.807) is 23.9 Å². The predicted molar refractivity (Wildman–Crippen MR) is 95.6 cm³/mol. The Morgan fingerprint density at radius 3 is 2.36 bits per heavy atom. The van der Waals surface area contributed by atoms with Crippen LogP contribution in [0.5, 0.6) is 5.75 Å². The molecule has 2 rings (SSSR count). The zero-order valence-corrected chi connectivity index (χ0v) is 15.7. The van der Waals surface area contributed by atoms with Gasteiger partial charge < -0.3 is 5.11 Å². The van der Waals surface area contributed by atoms with Crippen molar-refractivity contribution < 1.29 is 14.1 Å². The topological polar surface area (TPSA) is 69.6 Å². The van der Waals surface area contributed by atoms with E-state index in [1.807, 2.05) is 41.5 Å². The van der Waals surface area contributed by atoms with E-state index in [-0.39, 0.29) is 18.2 Å². The molecule has 1 unspecified atom stereocenters. The van der Waals surface area contributed by atoms with E-state index in [2.05, 4.69) is 4.72 Å². The summed E-state index contributed by atoms with van der Waals surface area (Å²) in [5.74, 6) is 0.647. The lowest BCUT2D eigenvalue weighted by Gasteiger charge is -2.17. The van der Waals surface area contributed by atoms with Crippen LogP contribution < -0.4 is 9.03 Å². The molecule has 22 heavy (non-hydrogen) atoms. The van der Waals surface area contributed by atoms with Crippen LogP contribution in [-0.2, 0) is 16.0 Å². The van der Waals surface area contributed by atoms with Crippen LogP contribution in [0.15, 0.2) is 17.0 Å². The number of phenolic OH excluding ortho intramolecular Hbond substituents is 1. The molecule has 126 valence electrons. The molecule has 1 fully saturated rings. The molecule has 1 aliphatic rings. The SMILES string of the molecule is CC.CC.CCSc1cc(O)c(N2CC(=O)NS2=O)cc1C. The molecule has 0 aromatic heterocycles. The number of nitrogens with one attached hydrogen (secondary N) is 1. The summed E-state index contributed by atoms with van der Waals surface area (Å²) in [6.45, 7) is 12.0. The summed E-state index contributed by atoms with van der Waals surface area (Å²) in [5.41, 5.74) is 1.41. The first-order chi connectivity index (χ1) is 10.5. The summed E-state index contributed by atoms with van der Waals surface area (Å²) in [6, 6.07) is 3.41. The maximum absolute atomic E-state index is 11.6. The standard InChI is InChI=1S/C11H14N2O3S2.2C2H6/c1-3-17-10-5-9(14)8(4-7(10)2)13-6-11(15)12-18(13)16;2*1-2/h4-5,14H,3,6H2,1-2H3,(H,12,15);2*1-2H3. The molecule has 1 saturated heterocycles. The van der Waals surface area contributed by atoms with Crippen molar-refractivity contribution in [3.8, 4) is 5.75 Å². The van der Waals surface area contributed by atoms with Gasteiger partial charge in [0.1, 0.15) is 12.3 Å². The lowest BCUT2D eigenvalue weighted by atomic mass is 10.2. The molecule has 0 spiro atoms. The maximum Gasteiger partial charge on any atom is 0.253 e. The molecule has 1 aromatic carbocycles. The van der Waals surface area contributed by atoms with Crippen molar-refractivity contribution in [1.29, 1.82) is 0 Å². The second kappa shape index (κ2) is 10.5. The third kappa shape index (κ3) is 5.21. The molecule has 0 saturated carbocycles. The highest BCUT2D eigenvalue weighted by molar-refractivity contribution is 7.99. The molecule has 1 amide bonds. The minimum absolute atomic E-state index is 0.000121. The maximum atomic E-state index is 11.6. The summed E-state index contributed by atoms with van der Waals surface area (Å²) < 4.78 is 15.3. The monoisotopic (exact) mass is 346 g/mol. The average molecular weight is 347 g/mol. The first-order valence-electron chi connectivity index (χ1n) is 7.48. The number of benzene rings is 1. The Kier molecular flexibility index (Phi) is 9.93. The van der Waals surface area contributed by atoms with Crippen molar-refractivity contribution in [3.05, 3.63) is 17.7 Å². The van der Waals surface area contributed by atoms with Gasteiger partial charge in [-0.3, -0.25) is 13.8 Å². The number of hydrogen-bond acceptors (Lipinski definition) is 4. The Labute approximate surface area is 140 Å². The van der Waals surface area contributed by atoms with Crippen molar-refractivity contribution in [2.24, 2.45) is 0 Å². The number of phenols is 1. The highest BCUT2D eigenvalue weighted by Gasteiger charge is 2.29. The molecule has 1 heterocycles.